The zero-order chi connectivity index (χ0) is 7.44. The first-order valence-corrected chi connectivity index (χ1v) is 1.99. The number of carboxylic acids is 1. The second kappa shape index (κ2) is 5.16. The number of carbonyl (C=O) groups is 3. The van der Waals surface area contributed by atoms with E-state index in [1.807, 2.05) is 0 Å². The number of hydrogen-bond donors (Lipinski definition) is 1. The molecule has 0 rings (SSSR count). The van der Waals surface area contributed by atoms with Gasteiger partial charge < -0.3 is 9.84 Å². The largest absolute Gasteiger partial charge is 0.473 e. The molecule has 0 saturated heterocycles. The van der Waals surface area contributed by atoms with Gasteiger partial charge >= 0.3 is 17.9 Å². The van der Waals surface area contributed by atoms with Crippen LogP contribution in [0.5, 0.6) is 0 Å². The van der Waals surface area contributed by atoms with Gasteiger partial charge in [0.05, 0.1) is 0 Å². The van der Waals surface area contributed by atoms with E-state index in [1.54, 1.807) is 0 Å². The van der Waals surface area contributed by atoms with Gasteiger partial charge in [-0.15, -0.1) is 0 Å². The van der Waals surface area contributed by atoms with E-state index in [0.717, 1.165) is 6.92 Å². The summed E-state index contributed by atoms with van der Waals surface area (Å²) in [6.45, 7) is 0.945. The van der Waals surface area contributed by atoms with Crippen LogP contribution in [-0.4, -0.2) is 23.0 Å². The van der Waals surface area contributed by atoms with Gasteiger partial charge in [-0.3, -0.25) is 4.79 Å². The van der Waals surface area contributed by atoms with E-state index in [9.17, 15) is 14.4 Å². The van der Waals surface area contributed by atoms with Gasteiger partial charge in [0.1, 0.15) is 0 Å². The van der Waals surface area contributed by atoms with Gasteiger partial charge in [-0.25, -0.2) is 9.59 Å². The summed E-state index contributed by atoms with van der Waals surface area (Å²) in [5, 5.41) is 7.80. The van der Waals surface area contributed by atoms with Crippen molar-refractivity contribution < 1.29 is 46.6 Å². The summed E-state index contributed by atoms with van der Waals surface area (Å²) >= 11 is 0. The molecule has 10 heavy (non-hydrogen) atoms. The van der Waals surface area contributed by atoms with Gasteiger partial charge in [-0.2, -0.15) is 0 Å². The average Bonchev–Trinajstić information content (AvgIpc) is 1.63. The predicted octanol–water partition coefficient (Wildman–Crippen LogP) is -0.842. The second-order valence-corrected chi connectivity index (χ2v) is 1.19. The third-order valence-corrected chi connectivity index (χ3v) is 0.411. The monoisotopic (exact) mass is 225 g/mol. The van der Waals surface area contributed by atoms with Crippen molar-refractivity contribution in [3.63, 3.8) is 0 Å². The molecule has 0 aromatic heterocycles. The molecule has 1 N–H and O–H groups in total. The van der Waals surface area contributed by atoms with Crippen LogP contribution < -0.4 is 0 Å². The molecule has 0 spiro atoms. The Morgan fingerprint density at radius 2 is 1.70 bits per heavy atom. The Morgan fingerprint density at radius 1 is 1.30 bits per heavy atom. The molecule has 0 unspecified atom stereocenters. The fraction of sp³-hybridized carbons (Fsp3) is 0.250. The molecule has 0 aliphatic rings. The van der Waals surface area contributed by atoms with Crippen LogP contribution in [0.4, 0.5) is 0 Å². The topological polar surface area (TPSA) is 80.7 Å². The maximum Gasteiger partial charge on any atom is 0.424 e. The summed E-state index contributed by atoms with van der Waals surface area (Å²) in [6.07, 6.45) is 0. The number of ether oxygens (including phenoxy) is 1. The molecule has 0 aromatic carbocycles. The third-order valence-electron chi connectivity index (χ3n) is 0.411. The average molecular weight is 225 g/mol. The first-order chi connectivity index (χ1) is 4.04. The van der Waals surface area contributed by atoms with Gasteiger partial charge in [-0.1, -0.05) is 0 Å². The SMILES string of the molecule is CC(=O)OC(=O)C(=O)O.[Nb]. The van der Waals surface area contributed by atoms with Gasteiger partial charge in [-0.05, 0) is 0 Å². The van der Waals surface area contributed by atoms with E-state index in [4.69, 9.17) is 5.11 Å². The summed E-state index contributed by atoms with van der Waals surface area (Å²) in [4.78, 5) is 29.4. The van der Waals surface area contributed by atoms with Gasteiger partial charge in [0.25, 0.3) is 0 Å². The van der Waals surface area contributed by atoms with E-state index >= 15 is 0 Å². The molecule has 0 saturated carbocycles. The summed E-state index contributed by atoms with van der Waals surface area (Å²) in [5.41, 5.74) is 0. The molecule has 1 radical (unpaired) electrons. The quantitative estimate of drug-likeness (QED) is 0.251. The van der Waals surface area contributed by atoms with Crippen molar-refractivity contribution in [3.8, 4) is 0 Å². The molecule has 5 nitrogen and oxygen atoms in total. The number of aliphatic carboxylic acids is 1. The Labute approximate surface area is 71.9 Å². The van der Waals surface area contributed by atoms with Gasteiger partial charge in [0.15, 0.2) is 0 Å². The number of carboxylic acid groups (broad SMARTS) is 1. The Kier molecular flexibility index (Phi) is 6.23. The van der Waals surface area contributed by atoms with Crippen molar-refractivity contribution in [2.24, 2.45) is 0 Å². The fourth-order valence-electron chi connectivity index (χ4n) is 0.174. The molecule has 0 bridgehead atoms. The van der Waals surface area contributed by atoms with Crippen molar-refractivity contribution in [1.29, 1.82) is 0 Å². The van der Waals surface area contributed by atoms with Crippen LogP contribution in [0.1, 0.15) is 6.92 Å². The van der Waals surface area contributed by atoms with Crippen molar-refractivity contribution in [2.75, 3.05) is 0 Å². The van der Waals surface area contributed by atoms with E-state index in [-0.39, 0.29) is 22.4 Å². The number of rotatable bonds is 0. The maximum absolute atomic E-state index is 9.91. The molecule has 0 aliphatic carbocycles. The summed E-state index contributed by atoms with van der Waals surface area (Å²) in [6, 6.07) is 0. The standard InChI is InChI=1S/C4H4O5.Nb/c1-2(5)9-4(8)3(6)7;/h1H3,(H,6,7);. The molecule has 0 amide bonds. The predicted molar refractivity (Wildman–Crippen MR) is 24.4 cm³/mol. The first-order valence-electron chi connectivity index (χ1n) is 1.99. The number of esters is 2. The number of carbonyl (C=O) groups excluding carboxylic acids is 2. The normalized spacial score (nSPS) is 7.30. The molecule has 6 heteroatoms. The zero-order valence-electron chi connectivity index (χ0n) is 5.03. The molecular weight excluding hydrogens is 221 g/mol. The Hall–Kier alpha value is -0.650. The minimum atomic E-state index is -1.77. The van der Waals surface area contributed by atoms with Crippen LogP contribution in [-0.2, 0) is 41.5 Å². The third kappa shape index (κ3) is 5.49. The minimum absolute atomic E-state index is 0. The van der Waals surface area contributed by atoms with Crippen LogP contribution in [0.2, 0.25) is 0 Å². The maximum atomic E-state index is 9.91. The van der Waals surface area contributed by atoms with E-state index in [0.29, 0.717) is 0 Å². The van der Waals surface area contributed by atoms with Crippen LogP contribution >= 0.6 is 0 Å². The second-order valence-electron chi connectivity index (χ2n) is 1.19. The van der Waals surface area contributed by atoms with Crippen LogP contribution in [0.15, 0.2) is 0 Å². The fourth-order valence-corrected chi connectivity index (χ4v) is 0.174. The zero-order valence-corrected chi connectivity index (χ0v) is 7.23. The molecule has 0 aliphatic heterocycles. The van der Waals surface area contributed by atoms with Gasteiger partial charge in [0, 0.05) is 29.3 Å². The Morgan fingerprint density at radius 3 is 1.80 bits per heavy atom. The van der Waals surface area contributed by atoms with Crippen molar-refractivity contribution in [1.82, 2.24) is 0 Å². The minimum Gasteiger partial charge on any atom is -0.473 e. The van der Waals surface area contributed by atoms with Crippen LogP contribution in [0, 0.1) is 0 Å². The Bertz CT molecular complexity index is 163. The number of hydrogen-bond acceptors (Lipinski definition) is 4. The van der Waals surface area contributed by atoms with Crippen LogP contribution in [0.25, 0.3) is 0 Å². The first kappa shape index (κ1) is 12.1. The van der Waals surface area contributed by atoms with Gasteiger partial charge in [0.2, 0.25) is 0 Å². The smallest absolute Gasteiger partial charge is 0.424 e. The van der Waals surface area contributed by atoms with E-state index in [1.165, 1.54) is 0 Å². The van der Waals surface area contributed by atoms with Crippen molar-refractivity contribution >= 4 is 17.9 Å². The van der Waals surface area contributed by atoms with E-state index in [2.05, 4.69) is 4.74 Å². The Balaban J connectivity index is 0. The van der Waals surface area contributed by atoms with E-state index < -0.39 is 17.9 Å². The molecular formula is C4H4NbO5. The summed E-state index contributed by atoms with van der Waals surface area (Å²) in [7, 11) is 0. The van der Waals surface area contributed by atoms with Crippen molar-refractivity contribution in [3.05, 3.63) is 0 Å². The molecule has 0 heterocycles. The molecule has 0 atom stereocenters. The molecule has 0 fully saturated rings. The molecule has 55 valence electrons. The molecule has 0 aromatic rings. The summed E-state index contributed by atoms with van der Waals surface area (Å²) in [5.74, 6) is -4.25. The summed E-state index contributed by atoms with van der Waals surface area (Å²) < 4.78 is 3.63. The van der Waals surface area contributed by atoms with Crippen LogP contribution in [0.3, 0.4) is 0 Å². The van der Waals surface area contributed by atoms with Crippen molar-refractivity contribution in [2.45, 2.75) is 6.92 Å².